The lowest BCUT2D eigenvalue weighted by Gasteiger charge is -2.37. The first-order chi connectivity index (χ1) is 18.0. The number of halogens is 1. The molecule has 0 radical (unpaired) electrons. The minimum Gasteiger partial charge on any atom is -0.492 e. The predicted molar refractivity (Wildman–Crippen MR) is 135 cm³/mol. The number of rotatable bonds is 7. The standard InChI is InChI=1S/C27H24FN7O2/c1-2-37-18-9-10-20(31-15-18)27-33-32-26(35(27)22-7-4-3-6-19(22)28)16-12-17(13-16)34-23-8-5-11-30-21(23)14-24(34)25(29)36/h3-11,14-17H,2,12-13H2,1H3,(H2,29,36). The second-order valence-corrected chi connectivity index (χ2v) is 8.97. The molecule has 1 aliphatic carbocycles. The number of primary amides is 1. The molecule has 186 valence electrons. The summed E-state index contributed by atoms with van der Waals surface area (Å²) >= 11 is 0. The summed E-state index contributed by atoms with van der Waals surface area (Å²) in [6.07, 6.45) is 4.67. The zero-order valence-electron chi connectivity index (χ0n) is 20.1. The molecule has 0 spiro atoms. The molecule has 1 aliphatic rings. The summed E-state index contributed by atoms with van der Waals surface area (Å²) in [5, 5.41) is 8.91. The Labute approximate surface area is 211 Å². The van der Waals surface area contributed by atoms with Gasteiger partial charge in [-0.15, -0.1) is 10.2 Å². The quantitative estimate of drug-likeness (QED) is 0.356. The topological polar surface area (TPSA) is 114 Å². The summed E-state index contributed by atoms with van der Waals surface area (Å²) in [4.78, 5) is 21.0. The molecule has 4 heterocycles. The Hall–Kier alpha value is -4.60. The van der Waals surface area contributed by atoms with Crippen LogP contribution in [0.25, 0.3) is 28.2 Å². The van der Waals surface area contributed by atoms with Crippen LogP contribution in [0, 0.1) is 5.82 Å². The summed E-state index contributed by atoms with van der Waals surface area (Å²) in [6, 6.07) is 15.6. The fourth-order valence-corrected chi connectivity index (χ4v) is 5.01. The fourth-order valence-electron chi connectivity index (χ4n) is 5.01. The third kappa shape index (κ3) is 3.90. The zero-order chi connectivity index (χ0) is 25.5. The maximum Gasteiger partial charge on any atom is 0.265 e. The number of pyridine rings is 2. The Morgan fingerprint density at radius 1 is 1.11 bits per heavy atom. The lowest BCUT2D eigenvalue weighted by molar-refractivity contribution is 0.0984. The first kappa shape index (κ1) is 22.8. The van der Waals surface area contributed by atoms with Crippen LogP contribution >= 0.6 is 0 Å². The van der Waals surface area contributed by atoms with E-state index in [0.29, 0.717) is 53.9 Å². The van der Waals surface area contributed by atoms with Crippen LogP contribution in [-0.4, -0.2) is 41.8 Å². The van der Waals surface area contributed by atoms with E-state index in [-0.39, 0.29) is 17.8 Å². The number of fused-ring (bicyclic) bond motifs is 1. The van der Waals surface area contributed by atoms with Crippen molar-refractivity contribution >= 4 is 16.9 Å². The van der Waals surface area contributed by atoms with Crippen molar-refractivity contribution in [2.24, 2.45) is 5.73 Å². The number of hydrogen-bond donors (Lipinski definition) is 1. The molecule has 0 saturated heterocycles. The average Bonchev–Trinajstić information content (AvgIpc) is 3.47. The number of para-hydroxylation sites is 1. The summed E-state index contributed by atoms with van der Waals surface area (Å²) < 4.78 is 24.2. The van der Waals surface area contributed by atoms with Crippen molar-refractivity contribution in [3.8, 4) is 23.0 Å². The second kappa shape index (κ2) is 9.12. The van der Waals surface area contributed by atoms with Crippen molar-refractivity contribution in [3.63, 3.8) is 0 Å². The molecule has 37 heavy (non-hydrogen) atoms. The van der Waals surface area contributed by atoms with E-state index in [1.807, 2.05) is 29.7 Å². The van der Waals surface area contributed by atoms with E-state index in [1.165, 1.54) is 6.07 Å². The monoisotopic (exact) mass is 497 g/mol. The zero-order valence-corrected chi connectivity index (χ0v) is 20.1. The molecule has 2 N–H and O–H groups in total. The van der Waals surface area contributed by atoms with Crippen molar-refractivity contribution in [1.82, 2.24) is 29.3 Å². The molecule has 1 amide bonds. The van der Waals surface area contributed by atoms with Crippen LogP contribution in [0.3, 0.4) is 0 Å². The first-order valence-corrected chi connectivity index (χ1v) is 12.1. The van der Waals surface area contributed by atoms with Crippen LogP contribution in [0.2, 0.25) is 0 Å². The summed E-state index contributed by atoms with van der Waals surface area (Å²) in [6.45, 7) is 2.43. The Kier molecular flexibility index (Phi) is 5.63. The number of carbonyl (C=O) groups is 1. The number of nitrogens with zero attached hydrogens (tertiary/aromatic N) is 6. The van der Waals surface area contributed by atoms with Gasteiger partial charge in [0.2, 0.25) is 0 Å². The molecule has 0 aliphatic heterocycles. The molecule has 6 rings (SSSR count). The molecule has 5 aromatic rings. The van der Waals surface area contributed by atoms with Crippen LogP contribution in [0.15, 0.2) is 67.0 Å². The van der Waals surface area contributed by atoms with E-state index in [0.717, 1.165) is 11.0 Å². The lowest BCUT2D eigenvalue weighted by Crippen LogP contribution is -2.30. The molecular weight excluding hydrogens is 473 g/mol. The van der Waals surface area contributed by atoms with Gasteiger partial charge in [-0.2, -0.15) is 0 Å². The normalized spacial score (nSPS) is 17.0. The largest absolute Gasteiger partial charge is 0.492 e. The van der Waals surface area contributed by atoms with E-state index in [4.69, 9.17) is 10.5 Å². The Morgan fingerprint density at radius 2 is 1.95 bits per heavy atom. The van der Waals surface area contributed by atoms with Gasteiger partial charge < -0.3 is 15.0 Å². The van der Waals surface area contributed by atoms with Crippen molar-refractivity contribution in [1.29, 1.82) is 0 Å². The molecule has 0 unspecified atom stereocenters. The molecule has 4 aromatic heterocycles. The van der Waals surface area contributed by atoms with Crippen molar-refractivity contribution < 1.29 is 13.9 Å². The lowest BCUT2D eigenvalue weighted by atomic mass is 9.79. The molecule has 1 fully saturated rings. The molecular formula is C27H24FN7O2. The molecule has 0 bridgehead atoms. The fraction of sp³-hybridized carbons (Fsp3) is 0.222. The SMILES string of the molecule is CCOc1ccc(-c2nnc(C3CC(n4c(C(N)=O)cc5ncccc54)C3)n2-c2ccccc2F)nc1. The molecule has 10 heteroatoms. The van der Waals surface area contributed by atoms with Crippen molar-refractivity contribution in [2.45, 2.75) is 31.7 Å². The summed E-state index contributed by atoms with van der Waals surface area (Å²) in [5.74, 6) is 0.833. The minimum absolute atomic E-state index is 0.0107. The Balaban J connectivity index is 1.38. The van der Waals surface area contributed by atoms with Gasteiger partial charge in [0.25, 0.3) is 5.91 Å². The summed E-state index contributed by atoms with van der Waals surface area (Å²) in [5.41, 5.74) is 8.59. The van der Waals surface area contributed by atoms with E-state index in [1.54, 1.807) is 47.3 Å². The second-order valence-electron chi connectivity index (χ2n) is 8.97. The Bertz CT molecular complexity index is 1600. The molecule has 9 nitrogen and oxygen atoms in total. The van der Waals surface area contributed by atoms with Crippen LogP contribution < -0.4 is 10.5 Å². The van der Waals surface area contributed by atoms with E-state index in [9.17, 15) is 4.79 Å². The number of carbonyl (C=O) groups excluding carboxylic acids is 1. The minimum atomic E-state index is -0.500. The number of amides is 1. The number of ether oxygens (including phenoxy) is 1. The van der Waals surface area contributed by atoms with Crippen LogP contribution in [0.5, 0.6) is 5.75 Å². The average molecular weight is 498 g/mol. The number of benzene rings is 1. The van der Waals surface area contributed by atoms with E-state index in [2.05, 4.69) is 20.2 Å². The van der Waals surface area contributed by atoms with Gasteiger partial charge in [-0.25, -0.2) is 9.37 Å². The highest BCUT2D eigenvalue weighted by Crippen LogP contribution is 2.47. The van der Waals surface area contributed by atoms with Gasteiger partial charge in [0.15, 0.2) is 5.82 Å². The highest BCUT2D eigenvalue weighted by molar-refractivity contribution is 5.96. The highest BCUT2D eigenvalue weighted by Gasteiger charge is 2.38. The van der Waals surface area contributed by atoms with Gasteiger partial charge in [-0.05, 0) is 62.2 Å². The third-order valence-electron chi connectivity index (χ3n) is 6.76. The van der Waals surface area contributed by atoms with Gasteiger partial charge >= 0.3 is 0 Å². The number of nitrogens with two attached hydrogens (primary N) is 1. The van der Waals surface area contributed by atoms with E-state index < -0.39 is 5.91 Å². The van der Waals surface area contributed by atoms with Crippen LogP contribution in [-0.2, 0) is 0 Å². The summed E-state index contributed by atoms with van der Waals surface area (Å²) in [7, 11) is 0. The van der Waals surface area contributed by atoms with Gasteiger partial charge in [-0.1, -0.05) is 12.1 Å². The van der Waals surface area contributed by atoms with Gasteiger partial charge in [0.05, 0.1) is 29.5 Å². The van der Waals surface area contributed by atoms with Crippen molar-refractivity contribution in [3.05, 3.63) is 84.3 Å². The van der Waals surface area contributed by atoms with E-state index >= 15 is 4.39 Å². The number of aromatic nitrogens is 6. The maximum absolute atomic E-state index is 15.0. The van der Waals surface area contributed by atoms with Gasteiger partial charge in [-0.3, -0.25) is 14.3 Å². The van der Waals surface area contributed by atoms with Gasteiger partial charge in [0.1, 0.15) is 28.8 Å². The smallest absolute Gasteiger partial charge is 0.265 e. The van der Waals surface area contributed by atoms with Crippen LogP contribution in [0.1, 0.15) is 48.0 Å². The first-order valence-electron chi connectivity index (χ1n) is 12.1. The van der Waals surface area contributed by atoms with Crippen LogP contribution in [0.4, 0.5) is 4.39 Å². The highest BCUT2D eigenvalue weighted by atomic mass is 19.1. The van der Waals surface area contributed by atoms with Gasteiger partial charge in [0, 0.05) is 18.2 Å². The molecule has 1 aromatic carbocycles. The maximum atomic E-state index is 15.0. The molecule has 0 atom stereocenters. The predicted octanol–water partition coefficient (Wildman–Crippen LogP) is 4.43. The number of hydrogen-bond acceptors (Lipinski definition) is 6. The third-order valence-corrected chi connectivity index (χ3v) is 6.76. The Morgan fingerprint density at radius 3 is 2.68 bits per heavy atom. The molecule has 1 saturated carbocycles. The van der Waals surface area contributed by atoms with Crippen molar-refractivity contribution in [2.75, 3.05) is 6.61 Å².